The molecule has 1 aromatic heterocycles. The number of hydrogen-bond acceptors (Lipinski definition) is 6. The number of aromatic nitrogens is 1. The highest BCUT2D eigenvalue weighted by molar-refractivity contribution is 7.92. The maximum Gasteiger partial charge on any atom is 0.266 e. The second-order valence-electron chi connectivity index (χ2n) is 6.86. The highest BCUT2D eigenvalue weighted by Gasteiger charge is 2.28. The van der Waals surface area contributed by atoms with E-state index >= 15 is 0 Å². The number of hydrogen-bond donors (Lipinski definition) is 0. The smallest absolute Gasteiger partial charge is 0.266 e. The van der Waals surface area contributed by atoms with Crippen LogP contribution >= 0.6 is 0 Å². The van der Waals surface area contributed by atoms with E-state index in [4.69, 9.17) is 4.42 Å². The van der Waals surface area contributed by atoms with E-state index in [0.29, 0.717) is 11.1 Å². The molecule has 31 heavy (non-hydrogen) atoms. The Morgan fingerprint density at radius 3 is 2.39 bits per heavy atom. The summed E-state index contributed by atoms with van der Waals surface area (Å²) in [4.78, 5) is 15.7. The van der Waals surface area contributed by atoms with E-state index in [1.807, 2.05) is 42.5 Å². The van der Waals surface area contributed by atoms with Gasteiger partial charge in [0, 0.05) is 18.2 Å². The van der Waals surface area contributed by atoms with Gasteiger partial charge >= 0.3 is 0 Å². The van der Waals surface area contributed by atoms with Gasteiger partial charge in [-0.3, -0.25) is 4.79 Å². The number of sulfonamides is 1. The van der Waals surface area contributed by atoms with Crippen LogP contribution in [-0.2, 0) is 10.0 Å². The normalized spacial score (nSPS) is 11.3. The van der Waals surface area contributed by atoms with Gasteiger partial charge in [-0.25, -0.2) is 12.7 Å². The lowest BCUT2D eigenvalue weighted by Crippen LogP contribution is -2.26. The molecule has 154 valence electrons. The molecule has 3 aromatic carbocycles. The van der Waals surface area contributed by atoms with Crippen molar-refractivity contribution in [3.05, 3.63) is 78.0 Å². The number of nitriles is 1. The van der Waals surface area contributed by atoms with Gasteiger partial charge in [0.25, 0.3) is 10.0 Å². The van der Waals surface area contributed by atoms with Gasteiger partial charge in [0.1, 0.15) is 6.07 Å². The van der Waals surface area contributed by atoms with Gasteiger partial charge in [0.2, 0.25) is 17.5 Å². The van der Waals surface area contributed by atoms with Gasteiger partial charge in [-0.15, -0.1) is 0 Å². The molecule has 0 aliphatic heterocycles. The molecule has 0 spiro atoms. The molecule has 0 fully saturated rings. The van der Waals surface area contributed by atoms with Crippen molar-refractivity contribution < 1.29 is 17.6 Å². The highest BCUT2D eigenvalue weighted by Crippen LogP contribution is 2.34. The van der Waals surface area contributed by atoms with Gasteiger partial charge in [-0.1, -0.05) is 48.5 Å². The number of carbonyl (C=O) groups excluding carboxylic acids is 1. The van der Waals surface area contributed by atoms with Crippen molar-refractivity contribution in [3.63, 3.8) is 0 Å². The summed E-state index contributed by atoms with van der Waals surface area (Å²) in [5.41, 5.74) is 0.907. The molecule has 8 heteroatoms. The molecule has 0 saturated carbocycles. The average molecular weight is 431 g/mol. The van der Waals surface area contributed by atoms with E-state index < -0.39 is 10.0 Å². The molecule has 1 heterocycles. The Kier molecular flexibility index (Phi) is 5.05. The predicted molar refractivity (Wildman–Crippen MR) is 116 cm³/mol. The summed E-state index contributed by atoms with van der Waals surface area (Å²) in [6, 6.07) is 20.7. The number of oxazole rings is 1. The standard InChI is InChI=1S/C23H17N3O4S/c1-15(27)16-10-12-18(13-11-16)31(28,29)26(2)23-21(14-24)25-22(30-23)20-9-5-7-17-6-3-4-8-19(17)20/h3-13H,1-2H3. The maximum atomic E-state index is 13.1. The van der Waals surface area contributed by atoms with Crippen molar-refractivity contribution in [2.24, 2.45) is 0 Å². The van der Waals surface area contributed by atoms with E-state index in [-0.39, 0.29) is 28.1 Å². The molecule has 0 N–H and O–H groups in total. The first-order chi connectivity index (χ1) is 14.8. The fourth-order valence-corrected chi connectivity index (χ4v) is 4.39. The number of ketones is 1. The third kappa shape index (κ3) is 3.56. The molecule has 0 radical (unpaired) electrons. The molecule has 0 unspecified atom stereocenters. The SMILES string of the molecule is CC(=O)c1ccc(S(=O)(=O)N(C)c2oc(-c3cccc4ccccc34)nc2C#N)cc1. The zero-order chi connectivity index (χ0) is 22.2. The van der Waals surface area contributed by atoms with Crippen LogP contribution < -0.4 is 4.31 Å². The van der Waals surface area contributed by atoms with Crippen molar-refractivity contribution >= 4 is 32.5 Å². The minimum Gasteiger partial charge on any atom is -0.418 e. The number of Topliss-reactive ketones (excluding diaryl/α,β-unsaturated/α-hetero) is 1. The van der Waals surface area contributed by atoms with Crippen LogP contribution in [0.5, 0.6) is 0 Å². The number of nitrogens with zero attached hydrogens (tertiary/aromatic N) is 3. The number of rotatable bonds is 5. The van der Waals surface area contributed by atoms with E-state index in [0.717, 1.165) is 15.1 Å². The van der Waals surface area contributed by atoms with Crippen LogP contribution in [0.4, 0.5) is 5.88 Å². The van der Waals surface area contributed by atoms with Crippen LogP contribution in [-0.4, -0.2) is 26.2 Å². The zero-order valence-electron chi connectivity index (χ0n) is 16.7. The van der Waals surface area contributed by atoms with E-state index in [1.165, 1.54) is 38.2 Å². The summed E-state index contributed by atoms with van der Waals surface area (Å²) >= 11 is 0. The number of fused-ring (bicyclic) bond motifs is 1. The van der Waals surface area contributed by atoms with Gasteiger partial charge in [0.05, 0.1) is 4.90 Å². The molecule has 4 rings (SSSR count). The van der Waals surface area contributed by atoms with E-state index in [2.05, 4.69) is 4.98 Å². The summed E-state index contributed by atoms with van der Waals surface area (Å²) in [6.07, 6.45) is 0. The van der Waals surface area contributed by atoms with Crippen LogP contribution in [0, 0.1) is 11.3 Å². The summed E-state index contributed by atoms with van der Waals surface area (Å²) in [6.45, 7) is 1.40. The molecule has 7 nitrogen and oxygen atoms in total. The second-order valence-corrected chi connectivity index (χ2v) is 8.83. The molecular formula is C23H17N3O4S. The molecule has 0 atom stereocenters. The molecule has 0 saturated heterocycles. The van der Waals surface area contributed by atoms with Gasteiger partial charge in [-0.2, -0.15) is 10.2 Å². The van der Waals surface area contributed by atoms with Crippen LogP contribution in [0.15, 0.2) is 76.0 Å². The summed E-state index contributed by atoms with van der Waals surface area (Å²) in [7, 11) is -2.75. The Labute approximate surface area is 179 Å². The van der Waals surface area contributed by atoms with Crippen LogP contribution in [0.25, 0.3) is 22.2 Å². The largest absolute Gasteiger partial charge is 0.418 e. The highest BCUT2D eigenvalue weighted by atomic mass is 32.2. The lowest BCUT2D eigenvalue weighted by Gasteiger charge is -2.16. The Bertz CT molecular complexity index is 1440. The van der Waals surface area contributed by atoms with Crippen molar-refractivity contribution in [2.45, 2.75) is 11.8 Å². The minimum atomic E-state index is -4.04. The maximum absolute atomic E-state index is 13.1. The first kappa shape index (κ1) is 20.3. The van der Waals surface area contributed by atoms with E-state index in [1.54, 1.807) is 6.07 Å². The monoisotopic (exact) mass is 431 g/mol. The Morgan fingerprint density at radius 2 is 1.71 bits per heavy atom. The molecule has 0 aliphatic rings. The van der Waals surface area contributed by atoms with Gasteiger partial charge in [0.15, 0.2) is 5.78 Å². The lowest BCUT2D eigenvalue weighted by atomic mass is 10.0. The van der Waals surface area contributed by atoms with Crippen LogP contribution in [0.2, 0.25) is 0 Å². The van der Waals surface area contributed by atoms with E-state index in [9.17, 15) is 18.5 Å². The van der Waals surface area contributed by atoms with Crippen molar-refractivity contribution in [1.29, 1.82) is 5.26 Å². The van der Waals surface area contributed by atoms with Gasteiger partial charge in [-0.05, 0) is 35.9 Å². The fourth-order valence-electron chi connectivity index (χ4n) is 3.25. The summed E-state index contributed by atoms with van der Waals surface area (Å²) in [5.74, 6) is -0.197. The molecule has 4 aromatic rings. The quantitative estimate of drug-likeness (QED) is 0.434. The predicted octanol–water partition coefficient (Wildman–Crippen LogP) is 4.39. The topological polar surface area (TPSA) is 104 Å². The second kappa shape index (κ2) is 7.70. The zero-order valence-corrected chi connectivity index (χ0v) is 17.6. The number of benzene rings is 3. The Hall–Kier alpha value is -3.96. The average Bonchev–Trinajstić information content (AvgIpc) is 3.22. The Morgan fingerprint density at radius 1 is 1.03 bits per heavy atom. The third-order valence-electron chi connectivity index (χ3n) is 4.94. The van der Waals surface area contributed by atoms with Crippen LogP contribution in [0.1, 0.15) is 23.0 Å². The summed E-state index contributed by atoms with van der Waals surface area (Å²) < 4.78 is 32.8. The fraction of sp³-hybridized carbons (Fsp3) is 0.0870. The number of carbonyl (C=O) groups is 1. The molecule has 0 bridgehead atoms. The van der Waals surface area contributed by atoms with Crippen molar-refractivity contribution in [2.75, 3.05) is 11.4 Å². The van der Waals surface area contributed by atoms with Gasteiger partial charge < -0.3 is 4.42 Å². The molecule has 0 amide bonds. The molecular weight excluding hydrogens is 414 g/mol. The first-order valence-electron chi connectivity index (χ1n) is 9.32. The van der Waals surface area contributed by atoms with Crippen LogP contribution in [0.3, 0.4) is 0 Å². The third-order valence-corrected chi connectivity index (χ3v) is 6.70. The van der Waals surface area contributed by atoms with Crippen molar-refractivity contribution in [1.82, 2.24) is 4.98 Å². The number of anilines is 1. The van der Waals surface area contributed by atoms with Crippen molar-refractivity contribution in [3.8, 4) is 17.5 Å². The lowest BCUT2D eigenvalue weighted by molar-refractivity contribution is 0.101. The molecule has 0 aliphatic carbocycles. The first-order valence-corrected chi connectivity index (χ1v) is 10.8. The Balaban J connectivity index is 1.79. The minimum absolute atomic E-state index is 0.0352. The summed E-state index contributed by atoms with van der Waals surface area (Å²) in [5, 5.41) is 11.4.